The van der Waals surface area contributed by atoms with Crippen molar-refractivity contribution in [1.29, 1.82) is 0 Å². The lowest BCUT2D eigenvalue weighted by Gasteiger charge is -2.39. The molecule has 2 fully saturated rings. The Labute approximate surface area is 69.6 Å². The molecule has 0 bridgehead atoms. The number of hydrogen-bond donors (Lipinski definition) is 1. The number of hydrogen-bond acceptors (Lipinski definition) is 1. The summed E-state index contributed by atoms with van der Waals surface area (Å²) in [6.45, 7) is 6.01. The molecule has 2 aliphatic carbocycles. The Morgan fingerprint density at radius 3 is 2.09 bits per heavy atom. The van der Waals surface area contributed by atoms with Gasteiger partial charge in [-0.3, -0.25) is 0 Å². The Bertz CT molecular complexity index is 154. The predicted octanol–water partition coefficient (Wildman–Crippen LogP) is 2.32. The van der Waals surface area contributed by atoms with E-state index < -0.39 is 0 Å². The van der Waals surface area contributed by atoms with Crippen molar-refractivity contribution in [2.75, 3.05) is 6.54 Å². The minimum absolute atomic E-state index is 0.540. The second-order valence-corrected chi connectivity index (χ2v) is 5.08. The standard InChI is InChI=1S/C10H19N/c1-9(4-3-5-9)8-11-10(2)6-7-10/h11H,3-8H2,1-2H3. The average molecular weight is 153 g/mol. The van der Waals surface area contributed by atoms with E-state index in [4.69, 9.17) is 0 Å². The summed E-state index contributed by atoms with van der Waals surface area (Å²) in [5, 5.41) is 3.68. The molecule has 0 radical (unpaired) electrons. The molecule has 0 aromatic carbocycles. The van der Waals surface area contributed by atoms with Crippen LogP contribution in [0.4, 0.5) is 0 Å². The Kier molecular flexibility index (Phi) is 1.54. The summed E-state index contributed by atoms with van der Waals surface area (Å²) in [6.07, 6.45) is 7.12. The van der Waals surface area contributed by atoms with Crippen molar-refractivity contribution >= 4 is 0 Å². The fourth-order valence-electron chi connectivity index (χ4n) is 1.75. The van der Waals surface area contributed by atoms with E-state index in [-0.39, 0.29) is 0 Å². The molecule has 11 heavy (non-hydrogen) atoms. The molecule has 0 aromatic rings. The quantitative estimate of drug-likeness (QED) is 0.656. The number of nitrogens with one attached hydrogen (secondary N) is 1. The Hall–Kier alpha value is -0.0400. The third-order valence-electron chi connectivity index (χ3n) is 3.50. The molecule has 1 N–H and O–H groups in total. The van der Waals surface area contributed by atoms with Gasteiger partial charge in [-0.05, 0) is 38.0 Å². The molecule has 2 rings (SSSR count). The number of rotatable bonds is 3. The fraction of sp³-hybridized carbons (Fsp3) is 1.00. The molecule has 2 saturated carbocycles. The van der Waals surface area contributed by atoms with Crippen LogP contribution in [0.25, 0.3) is 0 Å². The Balaban J connectivity index is 1.73. The zero-order chi connectivity index (χ0) is 7.95. The van der Waals surface area contributed by atoms with Crippen molar-refractivity contribution in [3.05, 3.63) is 0 Å². The Morgan fingerprint density at radius 2 is 1.73 bits per heavy atom. The first kappa shape index (κ1) is 7.60. The first-order valence-corrected chi connectivity index (χ1v) is 4.87. The van der Waals surface area contributed by atoms with Crippen LogP contribution >= 0.6 is 0 Å². The van der Waals surface area contributed by atoms with Gasteiger partial charge in [-0.2, -0.15) is 0 Å². The Morgan fingerprint density at radius 1 is 1.09 bits per heavy atom. The van der Waals surface area contributed by atoms with Crippen LogP contribution in [-0.2, 0) is 0 Å². The zero-order valence-electron chi connectivity index (χ0n) is 7.74. The van der Waals surface area contributed by atoms with Crippen molar-refractivity contribution in [2.45, 2.75) is 51.5 Å². The van der Waals surface area contributed by atoms with Crippen LogP contribution in [-0.4, -0.2) is 12.1 Å². The molecule has 0 amide bonds. The van der Waals surface area contributed by atoms with Crippen molar-refractivity contribution in [2.24, 2.45) is 5.41 Å². The normalized spacial score (nSPS) is 31.1. The molecule has 0 unspecified atom stereocenters. The summed E-state index contributed by atoms with van der Waals surface area (Å²) < 4.78 is 0. The van der Waals surface area contributed by atoms with Gasteiger partial charge in [-0.1, -0.05) is 13.3 Å². The molecule has 0 heterocycles. The summed E-state index contributed by atoms with van der Waals surface area (Å²) in [7, 11) is 0. The van der Waals surface area contributed by atoms with E-state index in [0.29, 0.717) is 11.0 Å². The molecule has 64 valence electrons. The molecular weight excluding hydrogens is 134 g/mol. The van der Waals surface area contributed by atoms with Crippen molar-refractivity contribution in [3.63, 3.8) is 0 Å². The second-order valence-electron chi connectivity index (χ2n) is 5.08. The van der Waals surface area contributed by atoms with E-state index in [1.807, 2.05) is 0 Å². The largest absolute Gasteiger partial charge is 0.311 e. The third-order valence-corrected chi connectivity index (χ3v) is 3.50. The molecular formula is C10H19N. The van der Waals surface area contributed by atoms with Crippen molar-refractivity contribution < 1.29 is 0 Å². The highest BCUT2D eigenvalue weighted by Gasteiger charge is 2.40. The van der Waals surface area contributed by atoms with Crippen LogP contribution in [0.1, 0.15) is 46.0 Å². The minimum atomic E-state index is 0.540. The maximum Gasteiger partial charge on any atom is 0.0154 e. The van der Waals surface area contributed by atoms with Crippen LogP contribution in [0, 0.1) is 5.41 Å². The lowest BCUT2D eigenvalue weighted by molar-refractivity contribution is 0.150. The highest BCUT2D eigenvalue weighted by Crippen LogP contribution is 2.42. The van der Waals surface area contributed by atoms with E-state index in [1.165, 1.54) is 38.6 Å². The van der Waals surface area contributed by atoms with Gasteiger partial charge in [-0.25, -0.2) is 0 Å². The van der Waals surface area contributed by atoms with Crippen molar-refractivity contribution in [1.82, 2.24) is 5.32 Å². The van der Waals surface area contributed by atoms with E-state index >= 15 is 0 Å². The highest BCUT2D eigenvalue weighted by atomic mass is 15.0. The van der Waals surface area contributed by atoms with E-state index in [1.54, 1.807) is 0 Å². The maximum absolute atomic E-state index is 3.68. The van der Waals surface area contributed by atoms with Crippen LogP contribution in [0.15, 0.2) is 0 Å². The summed E-state index contributed by atoms with van der Waals surface area (Å²) in [5.41, 5.74) is 1.20. The summed E-state index contributed by atoms with van der Waals surface area (Å²) >= 11 is 0. The van der Waals surface area contributed by atoms with Gasteiger partial charge in [0.15, 0.2) is 0 Å². The van der Waals surface area contributed by atoms with Crippen LogP contribution in [0.5, 0.6) is 0 Å². The van der Waals surface area contributed by atoms with E-state index in [0.717, 1.165) is 0 Å². The second kappa shape index (κ2) is 2.22. The van der Waals surface area contributed by atoms with Crippen LogP contribution in [0.3, 0.4) is 0 Å². The van der Waals surface area contributed by atoms with Gasteiger partial charge in [-0.15, -0.1) is 0 Å². The van der Waals surface area contributed by atoms with Gasteiger partial charge in [0.25, 0.3) is 0 Å². The third kappa shape index (κ3) is 1.58. The van der Waals surface area contributed by atoms with Gasteiger partial charge in [0.05, 0.1) is 0 Å². The lowest BCUT2D eigenvalue weighted by atomic mass is 9.70. The summed E-state index contributed by atoms with van der Waals surface area (Å²) in [5.74, 6) is 0. The van der Waals surface area contributed by atoms with E-state index in [2.05, 4.69) is 19.2 Å². The zero-order valence-corrected chi connectivity index (χ0v) is 7.74. The van der Waals surface area contributed by atoms with Crippen LogP contribution in [0.2, 0.25) is 0 Å². The smallest absolute Gasteiger partial charge is 0.0154 e. The first-order valence-electron chi connectivity index (χ1n) is 4.87. The highest BCUT2D eigenvalue weighted by molar-refractivity contribution is 4.99. The van der Waals surface area contributed by atoms with Gasteiger partial charge in [0, 0.05) is 12.1 Å². The fourth-order valence-corrected chi connectivity index (χ4v) is 1.75. The van der Waals surface area contributed by atoms with Gasteiger partial charge in [0.1, 0.15) is 0 Å². The van der Waals surface area contributed by atoms with Gasteiger partial charge in [0.2, 0.25) is 0 Å². The molecule has 2 aliphatic rings. The van der Waals surface area contributed by atoms with E-state index in [9.17, 15) is 0 Å². The minimum Gasteiger partial charge on any atom is -0.311 e. The monoisotopic (exact) mass is 153 g/mol. The molecule has 0 aliphatic heterocycles. The SMILES string of the molecule is CC1(CNC2(C)CC2)CCC1. The molecule has 0 atom stereocenters. The molecule has 0 spiro atoms. The van der Waals surface area contributed by atoms with Gasteiger partial charge >= 0.3 is 0 Å². The predicted molar refractivity (Wildman–Crippen MR) is 47.6 cm³/mol. The summed E-state index contributed by atoms with van der Waals surface area (Å²) in [6, 6.07) is 0. The molecule has 1 heteroatoms. The average Bonchev–Trinajstić information content (AvgIpc) is 2.61. The van der Waals surface area contributed by atoms with Crippen LogP contribution < -0.4 is 5.32 Å². The maximum atomic E-state index is 3.68. The van der Waals surface area contributed by atoms with Gasteiger partial charge < -0.3 is 5.32 Å². The molecule has 0 aromatic heterocycles. The first-order chi connectivity index (χ1) is 5.12. The van der Waals surface area contributed by atoms with Crippen molar-refractivity contribution in [3.8, 4) is 0 Å². The topological polar surface area (TPSA) is 12.0 Å². The molecule has 0 saturated heterocycles. The lowest BCUT2D eigenvalue weighted by Crippen LogP contribution is -2.41. The molecule has 1 nitrogen and oxygen atoms in total. The summed E-state index contributed by atoms with van der Waals surface area (Å²) in [4.78, 5) is 0.